The van der Waals surface area contributed by atoms with Gasteiger partial charge in [0.05, 0.1) is 0 Å². The fourth-order valence-corrected chi connectivity index (χ4v) is 1.76. The number of aliphatic hydroxyl groups excluding tert-OH is 1. The van der Waals surface area contributed by atoms with Crippen molar-refractivity contribution in [2.24, 2.45) is 0 Å². The van der Waals surface area contributed by atoms with Crippen molar-refractivity contribution < 1.29 is 5.11 Å². The van der Waals surface area contributed by atoms with Crippen LogP contribution in [0.2, 0.25) is 0 Å². The van der Waals surface area contributed by atoms with Crippen LogP contribution in [-0.2, 0) is 0 Å². The maximum atomic E-state index is 10.2. The van der Waals surface area contributed by atoms with Crippen molar-refractivity contribution in [2.75, 3.05) is 0 Å². The second-order valence-corrected chi connectivity index (χ2v) is 3.93. The average molecular weight is 214 g/mol. The molecule has 1 aromatic carbocycles. The van der Waals surface area contributed by atoms with Crippen molar-refractivity contribution in [1.82, 2.24) is 9.97 Å². The number of aromatic nitrogens is 2. The molecule has 0 bridgehead atoms. The summed E-state index contributed by atoms with van der Waals surface area (Å²) in [5.74, 6) is 0. The van der Waals surface area contributed by atoms with Gasteiger partial charge in [-0.3, -0.25) is 0 Å². The van der Waals surface area contributed by atoms with Crippen LogP contribution < -0.4 is 0 Å². The standard InChI is InChI=1S/C13H14N2O/c1-9-3-4-12(10(2)5-9)13(16)11-6-14-8-15-7-11/h3-8,13,16H,1-2H3. The SMILES string of the molecule is Cc1ccc(C(O)c2cncnc2)c(C)c1. The Labute approximate surface area is 94.8 Å². The first-order valence-electron chi connectivity index (χ1n) is 5.18. The molecule has 0 amide bonds. The molecule has 0 aliphatic carbocycles. The molecular weight excluding hydrogens is 200 g/mol. The van der Waals surface area contributed by atoms with Crippen LogP contribution >= 0.6 is 0 Å². The minimum atomic E-state index is -0.651. The van der Waals surface area contributed by atoms with Gasteiger partial charge in [-0.15, -0.1) is 0 Å². The zero-order valence-corrected chi connectivity index (χ0v) is 9.38. The third kappa shape index (κ3) is 2.09. The van der Waals surface area contributed by atoms with E-state index in [-0.39, 0.29) is 0 Å². The fourth-order valence-electron chi connectivity index (χ4n) is 1.76. The van der Waals surface area contributed by atoms with E-state index >= 15 is 0 Å². The molecular formula is C13H14N2O. The van der Waals surface area contributed by atoms with E-state index in [1.165, 1.54) is 11.9 Å². The highest BCUT2D eigenvalue weighted by Crippen LogP contribution is 2.24. The molecule has 0 radical (unpaired) electrons. The maximum absolute atomic E-state index is 10.2. The predicted octanol–water partition coefficient (Wildman–Crippen LogP) is 2.18. The monoisotopic (exact) mass is 214 g/mol. The zero-order valence-electron chi connectivity index (χ0n) is 9.38. The van der Waals surface area contributed by atoms with E-state index in [2.05, 4.69) is 16.0 Å². The van der Waals surface area contributed by atoms with Gasteiger partial charge in [0.25, 0.3) is 0 Å². The second-order valence-electron chi connectivity index (χ2n) is 3.93. The molecule has 1 N–H and O–H groups in total. The quantitative estimate of drug-likeness (QED) is 0.833. The second kappa shape index (κ2) is 4.41. The van der Waals surface area contributed by atoms with Gasteiger partial charge in [0.1, 0.15) is 12.4 Å². The Hall–Kier alpha value is -1.74. The van der Waals surface area contributed by atoms with Gasteiger partial charge in [-0.25, -0.2) is 9.97 Å². The molecule has 0 saturated carbocycles. The average Bonchev–Trinajstić information content (AvgIpc) is 2.29. The summed E-state index contributed by atoms with van der Waals surface area (Å²) in [7, 11) is 0. The van der Waals surface area contributed by atoms with Crippen LogP contribution in [0.4, 0.5) is 0 Å². The van der Waals surface area contributed by atoms with E-state index < -0.39 is 6.10 Å². The van der Waals surface area contributed by atoms with E-state index in [1.807, 2.05) is 26.0 Å². The number of aliphatic hydroxyl groups is 1. The minimum Gasteiger partial charge on any atom is -0.384 e. The number of hydrogen-bond donors (Lipinski definition) is 1. The van der Waals surface area contributed by atoms with E-state index in [1.54, 1.807) is 12.4 Å². The third-order valence-electron chi connectivity index (χ3n) is 2.62. The van der Waals surface area contributed by atoms with Crippen molar-refractivity contribution in [1.29, 1.82) is 0 Å². The molecule has 1 heterocycles. The molecule has 1 atom stereocenters. The highest BCUT2D eigenvalue weighted by molar-refractivity contribution is 5.36. The highest BCUT2D eigenvalue weighted by Gasteiger charge is 2.12. The minimum absolute atomic E-state index is 0.651. The number of nitrogens with zero attached hydrogens (tertiary/aromatic N) is 2. The molecule has 3 heteroatoms. The molecule has 16 heavy (non-hydrogen) atoms. The van der Waals surface area contributed by atoms with Crippen molar-refractivity contribution >= 4 is 0 Å². The molecule has 0 aliphatic rings. The molecule has 0 saturated heterocycles. The van der Waals surface area contributed by atoms with Crippen molar-refractivity contribution in [3.05, 3.63) is 59.2 Å². The molecule has 0 spiro atoms. The Bertz CT molecular complexity index is 483. The molecule has 1 unspecified atom stereocenters. The normalized spacial score (nSPS) is 12.4. The van der Waals surface area contributed by atoms with Gasteiger partial charge in [-0.05, 0) is 25.0 Å². The van der Waals surface area contributed by atoms with Crippen LogP contribution in [0.15, 0.2) is 36.9 Å². The number of hydrogen-bond acceptors (Lipinski definition) is 3. The Balaban J connectivity index is 2.38. The Kier molecular flexibility index (Phi) is 2.97. The molecule has 0 fully saturated rings. The van der Waals surface area contributed by atoms with Gasteiger partial charge in [0, 0.05) is 18.0 Å². The Morgan fingerprint density at radius 2 is 1.81 bits per heavy atom. The van der Waals surface area contributed by atoms with E-state index in [0.29, 0.717) is 0 Å². The van der Waals surface area contributed by atoms with Crippen LogP contribution in [0.3, 0.4) is 0 Å². The molecule has 3 nitrogen and oxygen atoms in total. The first kappa shape index (κ1) is 10.8. The van der Waals surface area contributed by atoms with Crippen LogP contribution in [0, 0.1) is 13.8 Å². The van der Waals surface area contributed by atoms with Crippen LogP contribution in [-0.4, -0.2) is 15.1 Å². The first-order chi connectivity index (χ1) is 7.68. The Morgan fingerprint density at radius 1 is 1.12 bits per heavy atom. The van der Waals surface area contributed by atoms with E-state index in [9.17, 15) is 5.11 Å². The molecule has 1 aromatic heterocycles. The smallest absolute Gasteiger partial charge is 0.115 e. The number of rotatable bonds is 2. The van der Waals surface area contributed by atoms with Crippen LogP contribution in [0.25, 0.3) is 0 Å². The zero-order chi connectivity index (χ0) is 11.5. The predicted molar refractivity (Wildman–Crippen MR) is 62.0 cm³/mol. The van der Waals surface area contributed by atoms with Gasteiger partial charge in [-0.1, -0.05) is 23.8 Å². The van der Waals surface area contributed by atoms with Crippen molar-refractivity contribution in [3.63, 3.8) is 0 Å². The van der Waals surface area contributed by atoms with E-state index in [0.717, 1.165) is 16.7 Å². The fraction of sp³-hybridized carbons (Fsp3) is 0.231. The van der Waals surface area contributed by atoms with Gasteiger partial charge in [0.2, 0.25) is 0 Å². The lowest BCUT2D eigenvalue weighted by Gasteiger charge is -2.13. The van der Waals surface area contributed by atoms with Crippen LogP contribution in [0.5, 0.6) is 0 Å². The summed E-state index contributed by atoms with van der Waals surface area (Å²) < 4.78 is 0. The number of aryl methyl sites for hydroxylation is 2. The lowest BCUT2D eigenvalue weighted by atomic mass is 9.98. The number of benzene rings is 1. The van der Waals surface area contributed by atoms with E-state index in [4.69, 9.17) is 0 Å². The molecule has 82 valence electrons. The summed E-state index contributed by atoms with van der Waals surface area (Å²) in [5, 5.41) is 10.2. The summed E-state index contributed by atoms with van der Waals surface area (Å²) in [6.07, 6.45) is 4.08. The lowest BCUT2D eigenvalue weighted by Crippen LogP contribution is -2.03. The van der Waals surface area contributed by atoms with Crippen molar-refractivity contribution in [3.8, 4) is 0 Å². The Morgan fingerprint density at radius 3 is 2.44 bits per heavy atom. The molecule has 2 rings (SSSR count). The van der Waals surface area contributed by atoms with Crippen LogP contribution in [0.1, 0.15) is 28.4 Å². The summed E-state index contributed by atoms with van der Waals surface area (Å²) in [6.45, 7) is 4.03. The largest absolute Gasteiger partial charge is 0.384 e. The van der Waals surface area contributed by atoms with Gasteiger partial charge in [0.15, 0.2) is 0 Å². The molecule has 2 aromatic rings. The maximum Gasteiger partial charge on any atom is 0.115 e. The summed E-state index contributed by atoms with van der Waals surface area (Å²) >= 11 is 0. The summed E-state index contributed by atoms with van der Waals surface area (Å²) in [4.78, 5) is 7.81. The van der Waals surface area contributed by atoms with Gasteiger partial charge in [-0.2, -0.15) is 0 Å². The van der Waals surface area contributed by atoms with Gasteiger partial charge >= 0.3 is 0 Å². The van der Waals surface area contributed by atoms with Gasteiger partial charge < -0.3 is 5.11 Å². The lowest BCUT2D eigenvalue weighted by molar-refractivity contribution is 0.218. The molecule has 0 aliphatic heterocycles. The first-order valence-corrected chi connectivity index (χ1v) is 5.18. The summed E-state index contributed by atoms with van der Waals surface area (Å²) in [5.41, 5.74) is 3.89. The summed E-state index contributed by atoms with van der Waals surface area (Å²) in [6, 6.07) is 6.00. The van der Waals surface area contributed by atoms with Crippen molar-refractivity contribution in [2.45, 2.75) is 20.0 Å². The topological polar surface area (TPSA) is 46.0 Å². The highest BCUT2D eigenvalue weighted by atomic mass is 16.3. The third-order valence-corrected chi connectivity index (χ3v) is 2.62.